The summed E-state index contributed by atoms with van der Waals surface area (Å²) in [6.45, 7) is 3.17. The molecule has 0 aliphatic carbocycles. The third kappa shape index (κ3) is 4.08. The minimum absolute atomic E-state index is 0.0582. The molecule has 1 aromatic carbocycles. The molecule has 0 saturated heterocycles. The zero-order chi connectivity index (χ0) is 13.8. The Morgan fingerprint density at radius 1 is 1.39 bits per heavy atom. The van der Waals surface area contributed by atoms with Gasteiger partial charge in [-0.1, -0.05) is 12.1 Å². The SMILES string of the molecule is CC(C)(Oc1cccc(CCC(=O)O)c1)C(N)=O. The molecule has 0 atom stereocenters. The Morgan fingerprint density at radius 3 is 2.61 bits per heavy atom. The second-order valence-corrected chi connectivity index (χ2v) is 4.52. The average molecular weight is 251 g/mol. The van der Waals surface area contributed by atoms with Crippen LogP contribution in [0.3, 0.4) is 0 Å². The molecule has 18 heavy (non-hydrogen) atoms. The number of amides is 1. The third-order valence-corrected chi connectivity index (χ3v) is 2.49. The zero-order valence-corrected chi connectivity index (χ0v) is 10.5. The second-order valence-electron chi connectivity index (χ2n) is 4.52. The molecule has 98 valence electrons. The maximum Gasteiger partial charge on any atom is 0.303 e. The van der Waals surface area contributed by atoms with Gasteiger partial charge in [-0.2, -0.15) is 0 Å². The van der Waals surface area contributed by atoms with E-state index in [-0.39, 0.29) is 6.42 Å². The van der Waals surface area contributed by atoms with Gasteiger partial charge in [-0.15, -0.1) is 0 Å². The van der Waals surface area contributed by atoms with Gasteiger partial charge in [0.05, 0.1) is 0 Å². The Hall–Kier alpha value is -2.04. The van der Waals surface area contributed by atoms with Gasteiger partial charge in [0.25, 0.3) is 5.91 Å². The fourth-order valence-corrected chi connectivity index (χ4v) is 1.36. The van der Waals surface area contributed by atoms with Crippen LogP contribution in [0.4, 0.5) is 0 Å². The Morgan fingerprint density at radius 2 is 2.06 bits per heavy atom. The number of ether oxygens (including phenoxy) is 1. The van der Waals surface area contributed by atoms with Gasteiger partial charge in [-0.3, -0.25) is 9.59 Å². The molecule has 3 N–H and O–H groups in total. The minimum atomic E-state index is -1.09. The van der Waals surface area contributed by atoms with Crippen molar-refractivity contribution in [1.29, 1.82) is 0 Å². The monoisotopic (exact) mass is 251 g/mol. The van der Waals surface area contributed by atoms with Crippen LogP contribution < -0.4 is 10.5 Å². The summed E-state index contributed by atoms with van der Waals surface area (Å²) in [4.78, 5) is 21.6. The third-order valence-electron chi connectivity index (χ3n) is 2.49. The Kier molecular flexibility index (Phi) is 4.31. The molecular formula is C13H17NO4. The molecule has 0 bridgehead atoms. The topological polar surface area (TPSA) is 89.6 Å². The van der Waals surface area contributed by atoms with Crippen molar-refractivity contribution >= 4 is 11.9 Å². The lowest BCUT2D eigenvalue weighted by Gasteiger charge is -2.22. The first-order valence-corrected chi connectivity index (χ1v) is 5.61. The largest absolute Gasteiger partial charge is 0.481 e. The normalized spacial score (nSPS) is 11.0. The van der Waals surface area contributed by atoms with Crippen molar-refractivity contribution in [3.8, 4) is 5.75 Å². The minimum Gasteiger partial charge on any atom is -0.481 e. The van der Waals surface area contributed by atoms with E-state index < -0.39 is 17.5 Å². The van der Waals surface area contributed by atoms with Crippen LogP contribution >= 0.6 is 0 Å². The Labute approximate surface area is 106 Å². The van der Waals surface area contributed by atoms with Crippen LogP contribution in [0.5, 0.6) is 5.75 Å². The summed E-state index contributed by atoms with van der Waals surface area (Å²) in [6, 6.07) is 6.99. The van der Waals surface area contributed by atoms with Gasteiger partial charge < -0.3 is 15.6 Å². The fourth-order valence-electron chi connectivity index (χ4n) is 1.36. The number of carbonyl (C=O) groups excluding carboxylic acids is 1. The van der Waals surface area contributed by atoms with Crippen molar-refractivity contribution in [3.63, 3.8) is 0 Å². The smallest absolute Gasteiger partial charge is 0.303 e. The van der Waals surface area contributed by atoms with Crippen LogP contribution in [0.15, 0.2) is 24.3 Å². The van der Waals surface area contributed by atoms with Crippen molar-refractivity contribution in [3.05, 3.63) is 29.8 Å². The number of nitrogens with two attached hydrogens (primary N) is 1. The van der Waals surface area contributed by atoms with Crippen LogP contribution in [0.2, 0.25) is 0 Å². The lowest BCUT2D eigenvalue weighted by atomic mass is 10.1. The van der Waals surface area contributed by atoms with Gasteiger partial charge in [-0.05, 0) is 38.0 Å². The maximum absolute atomic E-state index is 11.1. The number of carboxylic acid groups (broad SMARTS) is 1. The van der Waals surface area contributed by atoms with E-state index in [9.17, 15) is 9.59 Å². The van der Waals surface area contributed by atoms with E-state index in [1.807, 2.05) is 6.07 Å². The Bertz CT molecular complexity index is 454. The van der Waals surface area contributed by atoms with Gasteiger partial charge in [0.1, 0.15) is 5.75 Å². The maximum atomic E-state index is 11.1. The van der Waals surface area contributed by atoms with Gasteiger partial charge in [0.15, 0.2) is 5.60 Å². The van der Waals surface area contributed by atoms with E-state index in [0.29, 0.717) is 12.2 Å². The first-order valence-electron chi connectivity index (χ1n) is 5.61. The molecule has 0 aliphatic heterocycles. The molecule has 0 spiro atoms. The summed E-state index contributed by atoms with van der Waals surface area (Å²) in [5, 5.41) is 8.61. The molecular weight excluding hydrogens is 234 g/mol. The molecule has 5 heteroatoms. The van der Waals surface area contributed by atoms with Gasteiger partial charge >= 0.3 is 5.97 Å². The van der Waals surface area contributed by atoms with Crippen molar-refractivity contribution in [2.45, 2.75) is 32.3 Å². The second kappa shape index (κ2) is 5.53. The number of hydrogen-bond donors (Lipinski definition) is 2. The number of aryl methyl sites for hydroxylation is 1. The summed E-state index contributed by atoms with van der Waals surface area (Å²) in [6.07, 6.45) is 0.478. The summed E-state index contributed by atoms with van der Waals surface area (Å²) in [5.41, 5.74) is 4.96. The average Bonchev–Trinajstić information content (AvgIpc) is 2.26. The standard InChI is InChI=1S/C13H17NO4/c1-13(2,12(14)17)18-10-5-3-4-9(8-10)6-7-11(15)16/h3-5,8H,6-7H2,1-2H3,(H2,14,17)(H,15,16). The van der Waals surface area contributed by atoms with Crippen molar-refractivity contribution in [2.75, 3.05) is 0 Å². The molecule has 0 aliphatic rings. The van der Waals surface area contributed by atoms with Crippen LogP contribution in [-0.2, 0) is 16.0 Å². The highest BCUT2D eigenvalue weighted by atomic mass is 16.5. The van der Waals surface area contributed by atoms with E-state index in [1.54, 1.807) is 32.0 Å². The number of carbonyl (C=O) groups is 2. The number of benzene rings is 1. The highest BCUT2D eigenvalue weighted by Gasteiger charge is 2.27. The summed E-state index contributed by atoms with van der Waals surface area (Å²) < 4.78 is 5.49. The molecule has 0 fully saturated rings. The van der Waals surface area contributed by atoms with Crippen LogP contribution in [0.25, 0.3) is 0 Å². The molecule has 1 rings (SSSR count). The molecule has 0 heterocycles. The molecule has 1 amide bonds. The summed E-state index contributed by atoms with van der Waals surface area (Å²) >= 11 is 0. The fraction of sp³-hybridized carbons (Fsp3) is 0.385. The van der Waals surface area contributed by atoms with E-state index in [1.165, 1.54) is 0 Å². The number of primary amides is 1. The van der Waals surface area contributed by atoms with E-state index in [4.69, 9.17) is 15.6 Å². The Balaban J connectivity index is 2.76. The molecule has 0 aromatic heterocycles. The van der Waals surface area contributed by atoms with Crippen molar-refractivity contribution in [1.82, 2.24) is 0 Å². The number of aliphatic carboxylic acids is 1. The van der Waals surface area contributed by atoms with Crippen LogP contribution in [0.1, 0.15) is 25.8 Å². The highest BCUT2D eigenvalue weighted by Crippen LogP contribution is 2.20. The molecule has 1 aromatic rings. The first kappa shape index (κ1) is 14.0. The first-order chi connectivity index (χ1) is 8.31. The summed E-state index contributed by atoms with van der Waals surface area (Å²) in [7, 11) is 0. The van der Waals surface area contributed by atoms with Gasteiger partial charge in [0, 0.05) is 6.42 Å². The molecule has 5 nitrogen and oxygen atoms in total. The predicted octanol–water partition coefficient (Wildman–Crippen LogP) is 1.35. The lowest BCUT2D eigenvalue weighted by molar-refractivity contribution is -0.137. The van der Waals surface area contributed by atoms with Crippen LogP contribution in [-0.4, -0.2) is 22.6 Å². The molecule has 0 radical (unpaired) electrons. The van der Waals surface area contributed by atoms with Crippen molar-refractivity contribution < 1.29 is 19.4 Å². The summed E-state index contributed by atoms with van der Waals surface area (Å²) in [5.74, 6) is -0.904. The van der Waals surface area contributed by atoms with Gasteiger partial charge in [0.2, 0.25) is 0 Å². The number of hydrogen-bond acceptors (Lipinski definition) is 3. The molecule has 0 saturated carbocycles. The van der Waals surface area contributed by atoms with Crippen molar-refractivity contribution in [2.24, 2.45) is 5.73 Å². The van der Waals surface area contributed by atoms with E-state index >= 15 is 0 Å². The van der Waals surface area contributed by atoms with Crippen LogP contribution in [0, 0.1) is 0 Å². The lowest BCUT2D eigenvalue weighted by Crippen LogP contribution is -2.43. The molecule has 0 unspecified atom stereocenters. The van der Waals surface area contributed by atoms with Gasteiger partial charge in [-0.25, -0.2) is 0 Å². The zero-order valence-electron chi connectivity index (χ0n) is 10.5. The predicted molar refractivity (Wildman–Crippen MR) is 66.3 cm³/mol. The highest BCUT2D eigenvalue weighted by molar-refractivity contribution is 5.82. The number of carboxylic acids is 1. The van der Waals surface area contributed by atoms with E-state index in [2.05, 4.69) is 0 Å². The number of rotatable bonds is 6. The van der Waals surface area contributed by atoms with E-state index in [0.717, 1.165) is 5.56 Å². The quantitative estimate of drug-likeness (QED) is 0.798.